The largest absolute Gasteiger partial charge is 0.505 e. The third kappa shape index (κ3) is 3.90. The van der Waals surface area contributed by atoms with Crippen molar-refractivity contribution in [2.24, 2.45) is 27.2 Å². The maximum atomic E-state index is 12.5. The number of hydrogen-bond acceptors (Lipinski definition) is 4. The lowest BCUT2D eigenvalue weighted by molar-refractivity contribution is -0.0436. The molecule has 0 saturated carbocycles. The maximum Gasteiger partial charge on any atom is 0.501 e. The summed E-state index contributed by atoms with van der Waals surface area (Å²) in [7, 11) is -5.61. The number of guanidine groups is 2. The highest BCUT2D eigenvalue weighted by molar-refractivity contribution is 14.1. The van der Waals surface area contributed by atoms with Gasteiger partial charge in [0.1, 0.15) is 5.69 Å². The lowest BCUT2D eigenvalue weighted by Gasteiger charge is -2.10. The number of halogens is 4. The average Bonchev–Trinajstić information content (AvgIpc) is 2.31. The molecule has 13 heteroatoms. The predicted octanol–water partition coefficient (Wildman–Crippen LogP) is 0.510. The third-order valence-corrected chi connectivity index (χ3v) is 4.40. The molecule has 1 aromatic carbocycles. The van der Waals surface area contributed by atoms with Gasteiger partial charge in [0.15, 0.2) is 11.7 Å². The van der Waals surface area contributed by atoms with Crippen molar-refractivity contribution in [1.82, 2.24) is 0 Å². The van der Waals surface area contributed by atoms with E-state index in [1.54, 1.807) is 0 Å². The van der Waals surface area contributed by atoms with Crippen LogP contribution in [0.15, 0.2) is 27.0 Å². The van der Waals surface area contributed by atoms with E-state index in [1.807, 2.05) is 0 Å². The Labute approximate surface area is 136 Å². The van der Waals surface area contributed by atoms with E-state index in [2.05, 4.69) is 9.98 Å². The van der Waals surface area contributed by atoms with Gasteiger partial charge in [-0.05, 0) is 34.7 Å². The first-order valence-electron chi connectivity index (χ1n) is 5.14. The summed E-state index contributed by atoms with van der Waals surface area (Å²) >= 11 is 1.44. The van der Waals surface area contributed by atoms with Gasteiger partial charge in [0.25, 0.3) is 9.84 Å². The number of aliphatic imine (C=N–C) groups is 2. The maximum absolute atomic E-state index is 12.5. The van der Waals surface area contributed by atoms with Gasteiger partial charge in [0.05, 0.1) is 8.47 Å². The second kappa shape index (κ2) is 6.15. The molecule has 0 aromatic heterocycles. The number of nitrogens with two attached hydrogens (primary N) is 3. The summed E-state index contributed by atoms with van der Waals surface area (Å²) in [5, 5.41) is 9.72. The summed E-state index contributed by atoms with van der Waals surface area (Å²) in [6, 6.07) is 1.16. The van der Waals surface area contributed by atoms with E-state index in [0.29, 0.717) is 12.1 Å². The summed E-state index contributed by atoms with van der Waals surface area (Å²) in [5.41, 5.74) is 9.32. The quantitative estimate of drug-likeness (QED) is 0.292. The Hall–Kier alpha value is -1.77. The van der Waals surface area contributed by atoms with E-state index in [1.165, 1.54) is 22.6 Å². The van der Waals surface area contributed by atoms with Crippen molar-refractivity contribution >= 4 is 50.0 Å². The van der Waals surface area contributed by atoms with Gasteiger partial charge >= 0.3 is 5.51 Å². The Kier molecular flexibility index (Phi) is 5.11. The first-order valence-corrected chi connectivity index (χ1v) is 7.70. The van der Waals surface area contributed by atoms with Crippen molar-refractivity contribution in [3.63, 3.8) is 0 Å². The van der Waals surface area contributed by atoms with Crippen molar-refractivity contribution in [2.75, 3.05) is 0 Å². The van der Waals surface area contributed by atoms with Crippen LogP contribution in [-0.2, 0) is 9.84 Å². The van der Waals surface area contributed by atoms with Crippen LogP contribution in [-0.4, -0.2) is 31.0 Å². The number of nitrogens with zero attached hydrogens (tertiary/aromatic N) is 2. The van der Waals surface area contributed by atoms with E-state index in [-0.39, 0.29) is 3.57 Å². The fourth-order valence-corrected chi connectivity index (χ4v) is 2.85. The lowest BCUT2D eigenvalue weighted by Crippen LogP contribution is -2.26. The summed E-state index contributed by atoms with van der Waals surface area (Å²) in [4.78, 5) is 5.68. The molecule has 0 heterocycles. The molecule has 1 aromatic rings. The average molecular weight is 451 g/mol. The van der Waals surface area contributed by atoms with Crippen LogP contribution in [0.4, 0.5) is 18.9 Å². The molecule has 0 saturated heterocycles. The van der Waals surface area contributed by atoms with Crippen LogP contribution in [0.1, 0.15) is 0 Å². The molecule has 0 amide bonds. The number of rotatable bonds is 2. The summed E-state index contributed by atoms with van der Waals surface area (Å²) < 4.78 is 60.2. The van der Waals surface area contributed by atoms with Gasteiger partial charge in [0, 0.05) is 0 Å². The van der Waals surface area contributed by atoms with Crippen LogP contribution >= 0.6 is 22.6 Å². The van der Waals surface area contributed by atoms with Crippen LogP contribution in [0.3, 0.4) is 0 Å². The number of phenols is 1. The molecule has 0 bridgehead atoms. The van der Waals surface area contributed by atoms with Crippen molar-refractivity contribution in [3.05, 3.63) is 15.7 Å². The molecule has 0 aliphatic heterocycles. The number of hydrogen-bond donors (Lipinski definition) is 4. The molecule has 7 N–H and O–H groups in total. The molecule has 0 spiro atoms. The van der Waals surface area contributed by atoms with E-state index >= 15 is 0 Å². The van der Waals surface area contributed by atoms with Gasteiger partial charge < -0.3 is 22.3 Å². The molecular formula is C9H9F3IN5O3S. The molecule has 0 atom stereocenters. The highest BCUT2D eigenvalue weighted by Crippen LogP contribution is 2.38. The molecule has 0 fully saturated rings. The topological polar surface area (TPSA) is 157 Å². The van der Waals surface area contributed by atoms with Crippen LogP contribution in [0.5, 0.6) is 5.75 Å². The minimum absolute atomic E-state index is 0.181. The summed E-state index contributed by atoms with van der Waals surface area (Å²) in [6.45, 7) is 0. The van der Waals surface area contributed by atoms with Gasteiger partial charge in [0.2, 0.25) is 5.96 Å². The SMILES string of the molecule is NC(N)=NC(N)=Nc1cc(S(=O)(=O)C(F)(F)F)cc(I)c1O. The zero-order chi connectivity index (χ0) is 17.3. The Balaban J connectivity index is 3.55. The highest BCUT2D eigenvalue weighted by atomic mass is 127. The van der Waals surface area contributed by atoms with Crippen molar-refractivity contribution in [1.29, 1.82) is 0 Å². The Morgan fingerprint density at radius 1 is 1.23 bits per heavy atom. The molecule has 1 rings (SSSR count). The van der Waals surface area contributed by atoms with E-state index in [0.717, 1.165) is 0 Å². The molecular weight excluding hydrogens is 442 g/mol. The van der Waals surface area contributed by atoms with Crippen LogP contribution in [0.25, 0.3) is 0 Å². The van der Waals surface area contributed by atoms with Crippen molar-refractivity contribution in [2.45, 2.75) is 10.4 Å². The fourth-order valence-electron chi connectivity index (χ4n) is 1.22. The number of sulfone groups is 1. The standard InChI is InChI=1S/C9H9F3IN5O3S/c10-9(11,12)22(20,21)3-1-4(13)6(19)5(2-3)17-8(16)18-7(14)15/h1-2,19H,(H6,14,15,16,17,18). The van der Waals surface area contributed by atoms with E-state index in [9.17, 15) is 26.7 Å². The normalized spacial score (nSPS) is 13.0. The Bertz CT molecular complexity index is 756. The zero-order valence-electron chi connectivity index (χ0n) is 10.5. The first-order chi connectivity index (χ1) is 9.86. The summed E-state index contributed by atoms with van der Waals surface area (Å²) in [6.07, 6.45) is 0. The molecule has 122 valence electrons. The van der Waals surface area contributed by atoms with Gasteiger partial charge in [-0.1, -0.05) is 0 Å². The highest BCUT2D eigenvalue weighted by Gasteiger charge is 2.47. The second-order valence-electron chi connectivity index (χ2n) is 3.73. The van der Waals surface area contributed by atoms with Crippen LogP contribution < -0.4 is 17.2 Å². The van der Waals surface area contributed by atoms with Crippen LogP contribution in [0.2, 0.25) is 0 Å². The van der Waals surface area contributed by atoms with Crippen LogP contribution in [0, 0.1) is 3.57 Å². The van der Waals surface area contributed by atoms with E-state index < -0.39 is 43.6 Å². The predicted molar refractivity (Wildman–Crippen MR) is 81.2 cm³/mol. The summed E-state index contributed by atoms with van der Waals surface area (Å²) in [5.74, 6) is -1.63. The zero-order valence-corrected chi connectivity index (χ0v) is 13.4. The van der Waals surface area contributed by atoms with E-state index in [4.69, 9.17) is 17.2 Å². The lowest BCUT2D eigenvalue weighted by atomic mass is 10.3. The molecule has 0 unspecified atom stereocenters. The second-order valence-corrected chi connectivity index (χ2v) is 6.83. The number of aromatic hydroxyl groups is 1. The van der Waals surface area contributed by atoms with Gasteiger partial charge in [-0.2, -0.15) is 18.2 Å². The smallest absolute Gasteiger partial charge is 0.501 e. The fraction of sp³-hybridized carbons (Fsp3) is 0.111. The van der Waals surface area contributed by atoms with Gasteiger partial charge in [-0.25, -0.2) is 13.4 Å². The molecule has 8 nitrogen and oxygen atoms in total. The number of alkyl halides is 3. The number of phenolic OH excluding ortho intramolecular Hbond substituents is 1. The Morgan fingerprint density at radius 3 is 2.23 bits per heavy atom. The molecule has 22 heavy (non-hydrogen) atoms. The third-order valence-electron chi connectivity index (χ3n) is 2.11. The Morgan fingerprint density at radius 2 is 1.77 bits per heavy atom. The van der Waals surface area contributed by atoms with Crippen molar-refractivity contribution in [3.8, 4) is 5.75 Å². The minimum atomic E-state index is -5.61. The van der Waals surface area contributed by atoms with Gasteiger partial charge in [-0.15, -0.1) is 0 Å². The molecule has 0 aliphatic rings. The molecule has 0 aliphatic carbocycles. The minimum Gasteiger partial charge on any atom is -0.505 e. The monoisotopic (exact) mass is 451 g/mol. The van der Waals surface area contributed by atoms with Gasteiger partial charge in [-0.3, -0.25) is 0 Å². The first kappa shape index (κ1) is 18.3. The number of benzene rings is 1. The van der Waals surface area contributed by atoms with Crippen molar-refractivity contribution < 1.29 is 26.7 Å². The molecule has 0 radical (unpaired) electrons.